The van der Waals surface area contributed by atoms with E-state index in [0.29, 0.717) is 23.7 Å². The maximum Gasteiger partial charge on any atom is 0.324 e. The predicted octanol–water partition coefficient (Wildman–Crippen LogP) is 1.27. The third-order valence-corrected chi connectivity index (χ3v) is 3.34. The lowest BCUT2D eigenvalue weighted by molar-refractivity contribution is 0.192. The minimum Gasteiger partial charge on any atom is -0.327 e. The molecule has 5 nitrogen and oxygen atoms in total. The molecule has 5 heteroatoms. The van der Waals surface area contributed by atoms with Crippen LogP contribution in [-0.2, 0) is 0 Å². The first-order valence-electron chi connectivity index (χ1n) is 6.33. The van der Waals surface area contributed by atoms with Crippen molar-refractivity contribution in [2.24, 2.45) is 5.92 Å². The van der Waals surface area contributed by atoms with Crippen LogP contribution in [0.3, 0.4) is 0 Å². The normalized spacial score (nSPS) is 19.4. The van der Waals surface area contributed by atoms with Crippen molar-refractivity contribution in [2.75, 3.05) is 38.6 Å². The Kier molecular flexibility index (Phi) is 4.03. The van der Waals surface area contributed by atoms with E-state index in [0.717, 1.165) is 13.1 Å². The summed E-state index contributed by atoms with van der Waals surface area (Å²) in [7, 11) is 3.70. The minimum atomic E-state index is -0.0462. The third-order valence-electron chi connectivity index (χ3n) is 3.34. The topological polar surface area (TPSA) is 59.4 Å². The number of anilines is 1. The fraction of sp³-hybridized carbons (Fsp3) is 0.429. The van der Waals surface area contributed by atoms with Gasteiger partial charge in [0.25, 0.3) is 0 Å². The van der Waals surface area contributed by atoms with Gasteiger partial charge in [0.1, 0.15) is 6.07 Å². The number of rotatable bonds is 3. The lowest BCUT2D eigenvalue weighted by Gasteiger charge is -2.38. The molecule has 1 atom stereocenters. The van der Waals surface area contributed by atoms with E-state index in [1.165, 1.54) is 0 Å². The molecule has 2 amide bonds. The number of nitrogens with one attached hydrogen (secondary N) is 1. The number of para-hydroxylation sites is 1. The summed E-state index contributed by atoms with van der Waals surface area (Å²) < 4.78 is 0. The van der Waals surface area contributed by atoms with Crippen LogP contribution in [0.15, 0.2) is 24.3 Å². The second kappa shape index (κ2) is 5.72. The molecule has 1 N–H and O–H groups in total. The van der Waals surface area contributed by atoms with Gasteiger partial charge >= 0.3 is 6.03 Å². The quantitative estimate of drug-likeness (QED) is 0.888. The molecule has 0 bridgehead atoms. The van der Waals surface area contributed by atoms with E-state index in [4.69, 9.17) is 5.26 Å². The lowest BCUT2D eigenvalue weighted by Crippen LogP contribution is -2.54. The highest BCUT2D eigenvalue weighted by atomic mass is 16.2. The van der Waals surface area contributed by atoms with Crippen LogP contribution in [0.1, 0.15) is 5.56 Å². The molecule has 1 saturated heterocycles. The Morgan fingerprint density at radius 1 is 1.42 bits per heavy atom. The van der Waals surface area contributed by atoms with Gasteiger partial charge < -0.3 is 10.2 Å². The summed E-state index contributed by atoms with van der Waals surface area (Å²) in [5.41, 5.74) is 1.23. The van der Waals surface area contributed by atoms with Crippen LogP contribution >= 0.6 is 0 Å². The van der Waals surface area contributed by atoms with Gasteiger partial charge in [0.2, 0.25) is 0 Å². The number of benzene rings is 1. The molecule has 0 aromatic heterocycles. The second-order valence-corrected chi connectivity index (χ2v) is 4.83. The van der Waals surface area contributed by atoms with Crippen LogP contribution in [0, 0.1) is 17.2 Å². The van der Waals surface area contributed by atoms with Crippen LogP contribution < -0.4 is 10.2 Å². The number of nitrogens with zero attached hydrogens (tertiary/aromatic N) is 3. The van der Waals surface area contributed by atoms with Crippen LogP contribution in [-0.4, -0.2) is 44.7 Å². The number of nitriles is 1. The standard InChI is InChI=1S/C14H18N4O/c1-16-8-11-9-17(2)14(19)18(10-11)13-6-4-3-5-12(13)7-15/h3-6,11,16H,8-10H2,1-2H3. The molecule has 0 spiro atoms. The molecule has 1 aromatic carbocycles. The molecule has 0 aliphatic carbocycles. The number of carbonyl (C=O) groups excluding carboxylic acids is 1. The zero-order valence-corrected chi connectivity index (χ0v) is 11.3. The molecule has 19 heavy (non-hydrogen) atoms. The van der Waals surface area contributed by atoms with Crippen molar-refractivity contribution in [3.05, 3.63) is 29.8 Å². The smallest absolute Gasteiger partial charge is 0.324 e. The van der Waals surface area contributed by atoms with Crippen LogP contribution in [0.4, 0.5) is 10.5 Å². The Morgan fingerprint density at radius 3 is 2.84 bits per heavy atom. The van der Waals surface area contributed by atoms with E-state index >= 15 is 0 Å². The number of urea groups is 1. The Balaban J connectivity index is 2.31. The van der Waals surface area contributed by atoms with Crippen LogP contribution in [0.2, 0.25) is 0 Å². The summed E-state index contributed by atoms with van der Waals surface area (Å²) in [5, 5.41) is 12.3. The minimum absolute atomic E-state index is 0.0462. The molecule has 1 fully saturated rings. The summed E-state index contributed by atoms with van der Waals surface area (Å²) in [4.78, 5) is 15.7. The zero-order chi connectivity index (χ0) is 13.8. The first kappa shape index (κ1) is 13.4. The van der Waals surface area contributed by atoms with Gasteiger partial charge in [-0.1, -0.05) is 12.1 Å². The van der Waals surface area contributed by atoms with E-state index in [9.17, 15) is 4.79 Å². The first-order chi connectivity index (χ1) is 9.17. The van der Waals surface area contributed by atoms with Gasteiger partial charge in [-0.05, 0) is 19.2 Å². The first-order valence-corrected chi connectivity index (χ1v) is 6.33. The molecule has 1 aliphatic rings. The number of hydrogen-bond donors (Lipinski definition) is 1. The van der Waals surface area contributed by atoms with Gasteiger partial charge in [-0.3, -0.25) is 4.90 Å². The fourth-order valence-corrected chi connectivity index (χ4v) is 2.49. The van der Waals surface area contributed by atoms with E-state index in [-0.39, 0.29) is 6.03 Å². The molecule has 2 rings (SSSR count). The molecule has 1 aromatic rings. The van der Waals surface area contributed by atoms with Gasteiger partial charge in [0, 0.05) is 32.6 Å². The third kappa shape index (κ3) is 2.69. The number of hydrogen-bond acceptors (Lipinski definition) is 3. The highest BCUT2D eigenvalue weighted by Crippen LogP contribution is 2.24. The summed E-state index contributed by atoms with van der Waals surface area (Å²) >= 11 is 0. The predicted molar refractivity (Wildman–Crippen MR) is 73.9 cm³/mol. The monoisotopic (exact) mass is 258 g/mol. The van der Waals surface area contributed by atoms with E-state index in [1.54, 1.807) is 22.9 Å². The Hall–Kier alpha value is -2.06. The lowest BCUT2D eigenvalue weighted by atomic mass is 10.0. The summed E-state index contributed by atoms with van der Waals surface area (Å²) in [6.45, 7) is 2.23. The van der Waals surface area contributed by atoms with E-state index < -0.39 is 0 Å². The fourth-order valence-electron chi connectivity index (χ4n) is 2.49. The summed E-state index contributed by atoms with van der Waals surface area (Å²) in [6, 6.07) is 9.33. The van der Waals surface area contributed by atoms with Crippen LogP contribution in [0.5, 0.6) is 0 Å². The Morgan fingerprint density at radius 2 is 2.16 bits per heavy atom. The average molecular weight is 258 g/mol. The second-order valence-electron chi connectivity index (χ2n) is 4.83. The van der Waals surface area contributed by atoms with Crippen molar-refractivity contribution in [1.29, 1.82) is 5.26 Å². The molecule has 0 saturated carbocycles. The SMILES string of the molecule is CNCC1CN(C)C(=O)N(c2ccccc2C#N)C1. The molecule has 1 unspecified atom stereocenters. The van der Waals surface area contributed by atoms with Gasteiger partial charge in [-0.15, -0.1) is 0 Å². The molecule has 100 valence electrons. The van der Waals surface area contributed by atoms with Gasteiger partial charge in [-0.2, -0.15) is 5.26 Å². The van der Waals surface area contributed by atoms with Crippen molar-refractivity contribution in [3.8, 4) is 6.07 Å². The average Bonchev–Trinajstić information content (AvgIpc) is 2.43. The Bertz CT molecular complexity index is 508. The highest BCUT2D eigenvalue weighted by Gasteiger charge is 2.31. The highest BCUT2D eigenvalue weighted by molar-refractivity contribution is 5.94. The largest absolute Gasteiger partial charge is 0.327 e. The zero-order valence-electron chi connectivity index (χ0n) is 11.3. The maximum absolute atomic E-state index is 12.3. The Labute approximate surface area is 113 Å². The van der Waals surface area contributed by atoms with E-state index in [2.05, 4.69) is 11.4 Å². The number of amides is 2. The van der Waals surface area contributed by atoms with Crippen molar-refractivity contribution in [1.82, 2.24) is 10.2 Å². The van der Waals surface area contributed by atoms with Gasteiger partial charge in [-0.25, -0.2) is 4.79 Å². The maximum atomic E-state index is 12.3. The summed E-state index contributed by atoms with van der Waals surface area (Å²) in [6.07, 6.45) is 0. The molecule has 1 heterocycles. The van der Waals surface area contributed by atoms with Crippen LogP contribution in [0.25, 0.3) is 0 Å². The van der Waals surface area contributed by atoms with Gasteiger partial charge in [0.15, 0.2) is 0 Å². The van der Waals surface area contributed by atoms with Crippen molar-refractivity contribution in [3.63, 3.8) is 0 Å². The van der Waals surface area contributed by atoms with Crippen molar-refractivity contribution < 1.29 is 4.79 Å². The molecular weight excluding hydrogens is 240 g/mol. The van der Waals surface area contributed by atoms with Gasteiger partial charge in [0.05, 0.1) is 11.3 Å². The van der Waals surface area contributed by atoms with E-state index in [1.807, 2.05) is 25.2 Å². The summed E-state index contributed by atoms with van der Waals surface area (Å²) in [5.74, 6) is 0.361. The molecule has 0 radical (unpaired) electrons. The molecular formula is C14H18N4O. The van der Waals surface area contributed by atoms with Crippen molar-refractivity contribution in [2.45, 2.75) is 0 Å². The molecule has 1 aliphatic heterocycles. The number of carbonyl (C=O) groups is 1. The van der Waals surface area contributed by atoms with Crippen molar-refractivity contribution >= 4 is 11.7 Å².